The number of aromatic nitrogens is 6. The number of piperidine rings is 1. The van der Waals surface area contributed by atoms with Crippen LogP contribution in [0.4, 0.5) is 17.6 Å². The first-order valence-corrected chi connectivity index (χ1v) is 12.4. The maximum absolute atomic E-state index is 5.65. The van der Waals surface area contributed by atoms with E-state index in [4.69, 9.17) is 19.8 Å². The van der Waals surface area contributed by atoms with Crippen LogP contribution in [-0.4, -0.2) is 87.1 Å². The Morgan fingerprint density at radius 3 is 2.71 bits per heavy atom. The zero-order chi connectivity index (χ0) is 23.2. The predicted molar refractivity (Wildman–Crippen MR) is 131 cm³/mol. The van der Waals surface area contributed by atoms with Gasteiger partial charge >= 0.3 is 0 Å². The van der Waals surface area contributed by atoms with Crippen molar-refractivity contribution in [1.29, 1.82) is 0 Å². The molecule has 0 spiro atoms. The standard InChI is InChI=1S/C23H34N10O/c1-2-34-15-14-33-21-20(18(30-33)16-31-10-4-3-5-11-31)28-23(32-12-8-24-9-13-32)29-22(21)27-19-6-7-25-17-26-19/h6-7,17,24H,2-5,8-16H2,1H3,(H,25,26,27,28,29). The highest BCUT2D eigenvalue weighted by Crippen LogP contribution is 2.29. The molecule has 0 unspecified atom stereocenters. The lowest BCUT2D eigenvalue weighted by atomic mass is 10.1. The third kappa shape index (κ3) is 5.26. The van der Waals surface area contributed by atoms with Crippen molar-refractivity contribution >= 4 is 28.6 Å². The SMILES string of the molecule is CCOCCn1nc(CN2CCCCC2)c2nc(N3CCNCC3)nc(Nc3ccncn3)c21. The van der Waals surface area contributed by atoms with Crippen LogP contribution in [0.5, 0.6) is 0 Å². The van der Waals surface area contributed by atoms with Gasteiger partial charge < -0.3 is 20.3 Å². The Labute approximate surface area is 199 Å². The number of fused-ring (bicyclic) bond motifs is 1. The Bertz CT molecular complexity index is 1060. The summed E-state index contributed by atoms with van der Waals surface area (Å²) in [6.07, 6.45) is 7.04. The lowest BCUT2D eigenvalue weighted by molar-refractivity contribution is 0.137. The molecule has 0 amide bonds. The van der Waals surface area contributed by atoms with Crippen molar-refractivity contribution in [2.75, 3.05) is 62.7 Å². The molecule has 11 heteroatoms. The lowest BCUT2D eigenvalue weighted by Gasteiger charge is -2.28. The first-order valence-electron chi connectivity index (χ1n) is 12.4. The molecule has 3 aromatic rings. The van der Waals surface area contributed by atoms with Gasteiger partial charge in [0.2, 0.25) is 5.95 Å². The topological polar surface area (TPSA) is 109 Å². The van der Waals surface area contributed by atoms with Gasteiger partial charge in [0.1, 0.15) is 28.9 Å². The summed E-state index contributed by atoms with van der Waals surface area (Å²) < 4.78 is 7.65. The van der Waals surface area contributed by atoms with Crippen LogP contribution >= 0.6 is 0 Å². The molecule has 0 saturated carbocycles. The molecule has 2 N–H and O–H groups in total. The Morgan fingerprint density at radius 1 is 1.09 bits per heavy atom. The molecule has 2 fully saturated rings. The number of nitrogens with zero attached hydrogens (tertiary/aromatic N) is 8. The van der Waals surface area contributed by atoms with E-state index in [0.717, 1.165) is 68.5 Å². The number of hydrogen-bond donors (Lipinski definition) is 2. The van der Waals surface area contributed by atoms with Crippen LogP contribution in [-0.2, 0) is 17.8 Å². The quantitative estimate of drug-likeness (QED) is 0.453. The fourth-order valence-electron chi connectivity index (χ4n) is 4.60. The van der Waals surface area contributed by atoms with Crippen molar-refractivity contribution in [2.24, 2.45) is 0 Å². The number of nitrogens with one attached hydrogen (secondary N) is 2. The molecule has 0 aromatic carbocycles. The van der Waals surface area contributed by atoms with E-state index in [-0.39, 0.29) is 0 Å². The van der Waals surface area contributed by atoms with Crippen molar-refractivity contribution in [3.63, 3.8) is 0 Å². The molecule has 0 radical (unpaired) electrons. The summed E-state index contributed by atoms with van der Waals surface area (Å²) in [4.78, 5) is 23.2. The maximum atomic E-state index is 5.65. The van der Waals surface area contributed by atoms with Crippen LogP contribution in [0.25, 0.3) is 11.0 Å². The normalized spacial score (nSPS) is 17.4. The summed E-state index contributed by atoms with van der Waals surface area (Å²) in [5.74, 6) is 2.14. The summed E-state index contributed by atoms with van der Waals surface area (Å²) in [6, 6.07) is 1.84. The zero-order valence-corrected chi connectivity index (χ0v) is 19.9. The van der Waals surface area contributed by atoms with E-state index in [9.17, 15) is 0 Å². The summed E-state index contributed by atoms with van der Waals surface area (Å²) >= 11 is 0. The van der Waals surface area contributed by atoms with Crippen molar-refractivity contribution in [1.82, 2.24) is 39.9 Å². The summed E-state index contributed by atoms with van der Waals surface area (Å²) in [7, 11) is 0. The highest BCUT2D eigenvalue weighted by molar-refractivity contribution is 5.90. The van der Waals surface area contributed by atoms with E-state index in [1.54, 1.807) is 6.20 Å². The van der Waals surface area contributed by atoms with Crippen molar-refractivity contribution in [3.8, 4) is 0 Å². The number of likely N-dealkylation sites (tertiary alicyclic amines) is 1. The second kappa shape index (κ2) is 11.0. The minimum atomic E-state index is 0.586. The average Bonchev–Trinajstić information content (AvgIpc) is 3.23. The number of rotatable bonds is 9. The van der Waals surface area contributed by atoms with E-state index < -0.39 is 0 Å². The number of piperazine rings is 1. The van der Waals surface area contributed by atoms with Crippen molar-refractivity contribution in [3.05, 3.63) is 24.3 Å². The molecule has 5 rings (SSSR count). The summed E-state index contributed by atoms with van der Waals surface area (Å²) in [5, 5.41) is 11.9. The zero-order valence-electron chi connectivity index (χ0n) is 19.9. The Morgan fingerprint density at radius 2 is 1.94 bits per heavy atom. The smallest absolute Gasteiger partial charge is 0.228 e. The highest BCUT2D eigenvalue weighted by Gasteiger charge is 2.24. The summed E-state index contributed by atoms with van der Waals surface area (Å²) in [6.45, 7) is 10.5. The average molecular weight is 467 g/mol. The molecule has 34 heavy (non-hydrogen) atoms. The second-order valence-corrected chi connectivity index (χ2v) is 8.73. The molecular formula is C23H34N10O. The van der Waals surface area contributed by atoms with Crippen molar-refractivity contribution in [2.45, 2.75) is 39.3 Å². The molecule has 182 valence electrons. The maximum Gasteiger partial charge on any atom is 0.228 e. The molecule has 0 bridgehead atoms. The first kappa shape index (κ1) is 22.9. The van der Waals surface area contributed by atoms with Crippen LogP contribution in [0, 0.1) is 0 Å². The highest BCUT2D eigenvalue weighted by atomic mass is 16.5. The molecule has 2 aliphatic rings. The van der Waals surface area contributed by atoms with Gasteiger partial charge in [-0.05, 0) is 38.9 Å². The predicted octanol–water partition coefficient (Wildman–Crippen LogP) is 1.79. The fraction of sp³-hybridized carbons (Fsp3) is 0.609. The van der Waals surface area contributed by atoms with E-state index in [2.05, 4.69) is 30.4 Å². The lowest BCUT2D eigenvalue weighted by Crippen LogP contribution is -2.44. The van der Waals surface area contributed by atoms with Crippen LogP contribution in [0.2, 0.25) is 0 Å². The van der Waals surface area contributed by atoms with Gasteiger partial charge in [-0.3, -0.25) is 9.58 Å². The summed E-state index contributed by atoms with van der Waals surface area (Å²) in [5.41, 5.74) is 2.80. The molecule has 2 aliphatic heterocycles. The van der Waals surface area contributed by atoms with E-state index in [1.807, 2.05) is 17.7 Å². The van der Waals surface area contributed by atoms with Gasteiger partial charge in [0.25, 0.3) is 0 Å². The van der Waals surface area contributed by atoms with E-state index in [1.165, 1.54) is 25.6 Å². The minimum absolute atomic E-state index is 0.586. The van der Waals surface area contributed by atoms with Gasteiger partial charge in [-0.25, -0.2) is 15.0 Å². The van der Waals surface area contributed by atoms with Crippen LogP contribution < -0.4 is 15.5 Å². The van der Waals surface area contributed by atoms with Crippen LogP contribution in [0.1, 0.15) is 31.9 Å². The second-order valence-electron chi connectivity index (χ2n) is 8.73. The molecule has 3 aromatic heterocycles. The van der Waals surface area contributed by atoms with E-state index in [0.29, 0.717) is 31.4 Å². The molecule has 0 atom stereocenters. The van der Waals surface area contributed by atoms with Gasteiger partial charge in [-0.1, -0.05) is 6.42 Å². The fourth-order valence-corrected chi connectivity index (χ4v) is 4.60. The Hall–Kier alpha value is -2.89. The van der Waals surface area contributed by atoms with Crippen LogP contribution in [0.3, 0.4) is 0 Å². The minimum Gasteiger partial charge on any atom is -0.380 e. The van der Waals surface area contributed by atoms with Gasteiger partial charge in [-0.2, -0.15) is 10.1 Å². The largest absolute Gasteiger partial charge is 0.380 e. The Balaban J connectivity index is 1.58. The van der Waals surface area contributed by atoms with Crippen molar-refractivity contribution < 1.29 is 4.74 Å². The van der Waals surface area contributed by atoms with Gasteiger partial charge in [0.15, 0.2) is 5.82 Å². The van der Waals surface area contributed by atoms with Crippen LogP contribution in [0.15, 0.2) is 18.6 Å². The molecular weight excluding hydrogens is 432 g/mol. The van der Waals surface area contributed by atoms with Gasteiger partial charge in [0, 0.05) is 45.5 Å². The molecule has 5 heterocycles. The molecule has 0 aliphatic carbocycles. The third-order valence-corrected chi connectivity index (χ3v) is 6.35. The molecule has 2 saturated heterocycles. The third-order valence-electron chi connectivity index (χ3n) is 6.35. The monoisotopic (exact) mass is 466 g/mol. The number of ether oxygens (including phenoxy) is 1. The van der Waals surface area contributed by atoms with Gasteiger partial charge in [-0.15, -0.1) is 0 Å². The molecule has 11 nitrogen and oxygen atoms in total. The Kier molecular flexibility index (Phi) is 7.42. The van der Waals surface area contributed by atoms with E-state index >= 15 is 0 Å². The number of anilines is 3. The number of hydrogen-bond acceptors (Lipinski definition) is 10. The first-order chi connectivity index (χ1) is 16.8. The van der Waals surface area contributed by atoms with Gasteiger partial charge in [0.05, 0.1) is 13.2 Å².